The lowest BCUT2D eigenvalue weighted by Gasteiger charge is -2.01. The van der Waals surface area contributed by atoms with Gasteiger partial charge < -0.3 is 5.11 Å². The van der Waals surface area contributed by atoms with E-state index in [2.05, 4.69) is 18.7 Å². The van der Waals surface area contributed by atoms with Crippen LogP contribution in [0.1, 0.15) is 45.2 Å². The van der Waals surface area contributed by atoms with Gasteiger partial charge in [-0.15, -0.1) is 0 Å². The van der Waals surface area contributed by atoms with Crippen LogP contribution in [0.3, 0.4) is 0 Å². The lowest BCUT2D eigenvalue weighted by molar-refractivity contribution is -0.137. The zero-order valence-corrected chi connectivity index (χ0v) is 8.78. The minimum absolute atomic E-state index is 0. The third kappa shape index (κ3) is 7.34. The number of hydrogen-bond donors (Lipinski definition) is 1. The maximum absolute atomic E-state index is 10.3. The molecule has 0 saturated heterocycles. The molecular weight excluding hydrogens is 212 g/mol. The Bertz CT molecular complexity index is 325. The van der Waals surface area contributed by atoms with Crippen molar-refractivity contribution in [3.8, 4) is 0 Å². The first kappa shape index (κ1) is 17.8. The van der Waals surface area contributed by atoms with Crippen LogP contribution in [0.2, 0.25) is 0 Å². The molecule has 0 aliphatic carbocycles. The number of carboxylic acids is 1. The van der Waals surface area contributed by atoms with E-state index < -0.39 is 5.97 Å². The Morgan fingerprint density at radius 1 is 1.18 bits per heavy atom. The summed E-state index contributed by atoms with van der Waals surface area (Å²) in [5, 5.41) is 8.47. The molecule has 0 atom stereocenters. The highest BCUT2D eigenvalue weighted by Crippen LogP contribution is 2.09. The van der Waals surface area contributed by atoms with Crippen molar-refractivity contribution in [3.05, 3.63) is 42.0 Å². The van der Waals surface area contributed by atoms with E-state index >= 15 is 0 Å². The average molecular weight is 236 g/mol. The summed E-state index contributed by atoms with van der Waals surface area (Å²) in [5.74, 6) is -0.711. The largest absolute Gasteiger partial charge is 0.481 e. The van der Waals surface area contributed by atoms with Crippen molar-refractivity contribution >= 4 is 12.0 Å². The van der Waals surface area contributed by atoms with Crippen LogP contribution >= 0.6 is 0 Å². The van der Waals surface area contributed by atoms with Gasteiger partial charge in [-0.2, -0.15) is 0 Å². The number of hydrogen-bond acceptors (Lipinski definition) is 1. The average Bonchev–Trinajstić information content (AvgIpc) is 2.25. The molecule has 0 aliphatic heterocycles. The summed E-state index contributed by atoms with van der Waals surface area (Å²) >= 11 is 0. The molecule has 1 aromatic rings. The highest BCUT2D eigenvalue weighted by atomic mass is 16.4. The molecular formula is C15H24O2. The first-order valence-corrected chi connectivity index (χ1v) is 5.15. The van der Waals surface area contributed by atoms with Gasteiger partial charge in [-0.3, -0.25) is 4.79 Å². The number of rotatable bonds is 6. The van der Waals surface area contributed by atoms with Crippen molar-refractivity contribution in [2.45, 2.75) is 40.5 Å². The second-order valence-electron chi connectivity index (χ2n) is 3.55. The standard InChI is InChI=1S/C13H16O2.2CH4/c1-2-11-7-9-12(10-8-11)5-3-4-6-13(14)15;;/h2,7-10H,1,3-6H2,(H,14,15);2*1H4. The molecule has 0 saturated carbocycles. The minimum atomic E-state index is -0.711. The molecule has 0 spiro atoms. The quantitative estimate of drug-likeness (QED) is 0.743. The first-order valence-electron chi connectivity index (χ1n) is 5.15. The third-order valence-electron chi connectivity index (χ3n) is 2.32. The topological polar surface area (TPSA) is 37.3 Å². The fourth-order valence-electron chi connectivity index (χ4n) is 1.43. The van der Waals surface area contributed by atoms with Crippen LogP contribution < -0.4 is 0 Å². The smallest absolute Gasteiger partial charge is 0.303 e. The summed E-state index contributed by atoms with van der Waals surface area (Å²) in [7, 11) is 0. The van der Waals surface area contributed by atoms with Crippen LogP contribution in [0, 0.1) is 0 Å². The van der Waals surface area contributed by atoms with Crippen molar-refractivity contribution in [1.29, 1.82) is 0 Å². The van der Waals surface area contributed by atoms with E-state index in [-0.39, 0.29) is 21.3 Å². The van der Waals surface area contributed by atoms with E-state index in [1.807, 2.05) is 18.2 Å². The van der Waals surface area contributed by atoms with Crippen LogP contribution in [0.15, 0.2) is 30.8 Å². The van der Waals surface area contributed by atoms with E-state index in [0.29, 0.717) is 0 Å². The highest BCUT2D eigenvalue weighted by molar-refractivity contribution is 5.66. The third-order valence-corrected chi connectivity index (χ3v) is 2.32. The maximum Gasteiger partial charge on any atom is 0.303 e. The zero-order chi connectivity index (χ0) is 11.1. The lowest BCUT2D eigenvalue weighted by Crippen LogP contribution is -1.94. The van der Waals surface area contributed by atoms with Crippen molar-refractivity contribution < 1.29 is 9.90 Å². The fourth-order valence-corrected chi connectivity index (χ4v) is 1.43. The SMILES string of the molecule is C.C.C=Cc1ccc(CCCCC(=O)O)cc1. The second kappa shape index (κ2) is 9.64. The Labute approximate surface area is 105 Å². The Morgan fingerprint density at radius 3 is 2.24 bits per heavy atom. The second-order valence-corrected chi connectivity index (χ2v) is 3.55. The van der Waals surface area contributed by atoms with E-state index in [0.717, 1.165) is 24.8 Å². The van der Waals surface area contributed by atoms with Crippen molar-refractivity contribution in [2.24, 2.45) is 0 Å². The van der Waals surface area contributed by atoms with Crippen LogP contribution in [0.4, 0.5) is 0 Å². The number of unbranched alkanes of at least 4 members (excludes halogenated alkanes) is 1. The molecule has 1 aromatic carbocycles. The number of carbonyl (C=O) groups is 1. The van der Waals surface area contributed by atoms with Gasteiger partial charge in [0.1, 0.15) is 0 Å². The van der Waals surface area contributed by atoms with Crippen molar-refractivity contribution in [3.63, 3.8) is 0 Å². The molecule has 0 radical (unpaired) electrons. The Kier molecular flexibility index (Phi) is 10.1. The summed E-state index contributed by atoms with van der Waals surface area (Å²) in [6, 6.07) is 8.19. The first-order chi connectivity index (χ1) is 7.22. The van der Waals surface area contributed by atoms with Crippen molar-refractivity contribution in [1.82, 2.24) is 0 Å². The van der Waals surface area contributed by atoms with E-state index in [1.165, 1.54) is 5.56 Å². The van der Waals surface area contributed by atoms with Crippen molar-refractivity contribution in [2.75, 3.05) is 0 Å². The van der Waals surface area contributed by atoms with Gasteiger partial charge in [0.25, 0.3) is 0 Å². The predicted octanol–water partition coefficient (Wildman–Crippen LogP) is 4.40. The molecule has 0 bridgehead atoms. The molecule has 0 aliphatic rings. The van der Waals surface area contributed by atoms with Crippen LogP contribution in [0.25, 0.3) is 6.08 Å². The summed E-state index contributed by atoms with van der Waals surface area (Å²) in [5.41, 5.74) is 2.37. The minimum Gasteiger partial charge on any atom is -0.481 e. The predicted molar refractivity (Wildman–Crippen MR) is 75.2 cm³/mol. The molecule has 0 aromatic heterocycles. The number of aryl methyl sites for hydroxylation is 1. The van der Waals surface area contributed by atoms with E-state index in [1.54, 1.807) is 0 Å². The van der Waals surface area contributed by atoms with Gasteiger partial charge >= 0.3 is 5.97 Å². The Hall–Kier alpha value is -1.57. The molecule has 0 fully saturated rings. The summed E-state index contributed by atoms with van der Waals surface area (Å²) in [6.45, 7) is 3.69. The molecule has 2 heteroatoms. The lowest BCUT2D eigenvalue weighted by atomic mass is 10.1. The zero-order valence-electron chi connectivity index (χ0n) is 8.78. The molecule has 2 nitrogen and oxygen atoms in total. The molecule has 1 rings (SSSR count). The molecule has 0 heterocycles. The van der Waals surface area contributed by atoms with Crippen LogP contribution in [0.5, 0.6) is 0 Å². The number of benzene rings is 1. The molecule has 0 unspecified atom stereocenters. The van der Waals surface area contributed by atoms with E-state index in [9.17, 15) is 4.79 Å². The number of carboxylic acid groups (broad SMARTS) is 1. The molecule has 17 heavy (non-hydrogen) atoms. The van der Waals surface area contributed by atoms with Gasteiger partial charge in [-0.05, 0) is 30.4 Å². The van der Waals surface area contributed by atoms with Gasteiger partial charge in [0.2, 0.25) is 0 Å². The van der Waals surface area contributed by atoms with E-state index in [4.69, 9.17) is 5.11 Å². The Balaban J connectivity index is 0. The van der Waals surface area contributed by atoms with Gasteiger partial charge in [0.15, 0.2) is 0 Å². The normalized spacial score (nSPS) is 8.71. The van der Waals surface area contributed by atoms with Gasteiger partial charge in [-0.1, -0.05) is 51.8 Å². The van der Waals surface area contributed by atoms with Crippen LogP contribution in [-0.4, -0.2) is 11.1 Å². The monoisotopic (exact) mass is 236 g/mol. The molecule has 0 amide bonds. The highest BCUT2D eigenvalue weighted by Gasteiger charge is 1.97. The van der Waals surface area contributed by atoms with Gasteiger partial charge in [0, 0.05) is 6.42 Å². The number of aliphatic carboxylic acids is 1. The summed E-state index contributed by atoms with van der Waals surface area (Å²) < 4.78 is 0. The Morgan fingerprint density at radius 2 is 1.76 bits per heavy atom. The maximum atomic E-state index is 10.3. The van der Waals surface area contributed by atoms with Gasteiger partial charge in [-0.25, -0.2) is 0 Å². The summed E-state index contributed by atoms with van der Waals surface area (Å²) in [4.78, 5) is 10.3. The fraction of sp³-hybridized carbons (Fsp3) is 0.400. The molecule has 1 N–H and O–H groups in total. The molecule has 96 valence electrons. The van der Waals surface area contributed by atoms with Crippen LogP contribution in [-0.2, 0) is 11.2 Å². The summed E-state index contributed by atoms with van der Waals surface area (Å²) in [6.07, 6.45) is 4.71. The van der Waals surface area contributed by atoms with Gasteiger partial charge in [0.05, 0.1) is 0 Å².